The predicted molar refractivity (Wildman–Crippen MR) is 40.0 cm³/mol. The van der Waals surface area contributed by atoms with E-state index >= 15 is 0 Å². The van der Waals surface area contributed by atoms with E-state index in [9.17, 15) is 0 Å². The van der Waals surface area contributed by atoms with Crippen molar-refractivity contribution >= 4 is 0 Å². The van der Waals surface area contributed by atoms with Crippen LogP contribution in [0.4, 0.5) is 0 Å². The molecule has 0 fully saturated rings. The molecule has 0 saturated carbocycles. The third kappa shape index (κ3) is 7.70. The molecule has 0 aliphatic carbocycles. The SMILES string of the molecule is C/C=C/CCO[CH]CC. The number of hydrogen-bond acceptors (Lipinski definition) is 1. The Morgan fingerprint density at radius 2 is 2.22 bits per heavy atom. The van der Waals surface area contributed by atoms with Crippen molar-refractivity contribution in [2.45, 2.75) is 26.7 Å². The highest BCUT2D eigenvalue weighted by Crippen LogP contribution is 1.90. The van der Waals surface area contributed by atoms with Crippen LogP contribution in [-0.2, 0) is 4.74 Å². The van der Waals surface area contributed by atoms with Crippen LogP contribution in [0, 0.1) is 6.61 Å². The zero-order chi connectivity index (χ0) is 6.95. The van der Waals surface area contributed by atoms with Gasteiger partial charge in [-0.1, -0.05) is 19.1 Å². The standard InChI is InChI=1S/C8H15O/c1-3-5-6-8-9-7-4-2/h3,5,7H,4,6,8H2,1-2H3/b5-3+. The molecule has 0 bridgehead atoms. The van der Waals surface area contributed by atoms with Gasteiger partial charge in [0.2, 0.25) is 0 Å². The second kappa shape index (κ2) is 7.70. The Hall–Kier alpha value is -0.300. The summed E-state index contributed by atoms with van der Waals surface area (Å²) in [6, 6.07) is 0. The largest absolute Gasteiger partial charge is 0.375 e. The minimum atomic E-state index is 0.818. The molecule has 0 heterocycles. The summed E-state index contributed by atoms with van der Waals surface area (Å²) < 4.78 is 5.11. The van der Waals surface area contributed by atoms with Crippen molar-refractivity contribution in [2.24, 2.45) is 0 Å². The van der Waals surface area contributed by atoms with Gasteiger partial charge in [-0.3, -0.25) is 0 Å². The smallest absolute Gasteiger partial charge is 0.0834 e. The third-order valence-corrected chi connectivity index (χ3v) is 0.923. The third-order valence-electron chi connectivity index (χ3n) is 0.923. The molecule has 0 spiro atoms. The first-order valence-electron chi connectivity index (χ1n) is 3.46. The first-order chi connectivity index (χ1) is 4.41. The van der Waals surface area contributed by atoms with E-state index in [-0.39, 0.29) is 0 Å². The van der Waals surface area contributed by atoms with Gasteiger partial charge in [-0.25, -0.2) is 0 Å². The highest BCUT2D eigenvalue weighted by Gasteiger charge is 1.81. The van der Waals surface area contributed by atoms with E-state index in [1.54, 1.807) is 0 Å². The molecule has 0 amide bonds. The predicted octanol–water partition coefficient (Wildman–Crippen LogP) is 2.54. The van der Waals surface area contributed by atoms with Crippen LogP contribution in [0.5, 0.6) is 0 Å². The fourth-order valence-corrected chi connectivity index (χ4v) is 0.504. The van der Waals surface area contributed by atoms with Crippen LogP contribution in [0.3, 0.4) is 0 Å². The molecule has 0 aliphatic heterocycles. The first-order valence-corrected chi connectivity index (χ1v) is 3.46. The van der Waals surface area contributed by atoms with E-state index < -0.39 is 0 Å². The Bertz CT molecular complexity index is 67.0. The van der Waals surface area contributed by atoms with Crippen LogP contribution in [0.2, 0.25) is 0 Å². The molecule has 0 N–H and O–H groups in total. The summed E-state index contributed by atoms with van der Waals surface area (Å²) in [7, 11) is 0. The van der Waals surface area contributed by atoms with Crippen molar-refractivity contribution in [1.29, 1.82) is 0 Å². The maximum Gasteiger partial charge on any atom is 0.0834 e. The second-order valence-corrected chi connectivity index (χ2v) is 1.80. The molecule has 53 valence electrons. The molecular weight excluding hydrogens is 112 g/mol. The maximum atomic E-state index is 5.11. The molecule has 0 unspecified atom stereocenters. The number of rotatable bonds is 5. The minimum absolute atomic E-state index is 0.818. The molecule has 1 heteroatoms. The summed E-state index contributed by atoms with van der Waals surface area (Å²) in [5, 5.41) is 0. The molecule has 0 aromatic heterocycles. The summed E-state index contributed by atoms with van der Waals surface area (Å²) in [5.41, 5.74) is 0. The molecule has 9 heavy (non-hydrogen) atoms. The molecular formula is C8H15O. The van der Waals surface area contributed by atoms with E-state index in [0.29, 0.717) is 0 Å². The number of allylic oxidation sites excluding steroid dienone is 1. The molecule has 1 nitrogen and oxygen atoms in total. The summed E-state index contributed by atoms with van der Waals surface area (Å²) in [6.07, 6.45) is 6.15. The average Bonchev–Trinajstić information content (AvgIpc) is 1.89. The summed E-state index contributed by atoms with van der Waals surface area (Å²) in [4.78, 5) is 0. The lowest BCUT2D eigenvalue weighted by molar-refractivity contribution is 0.199. The zero-order valence-electron chi connectivity index (χ0n) is 6.26. The van der Waals surface area contributed by atoms with Gasteiger partial charge in [0.15, 0.2) is 0 Å². The molecule has 0 atom stereocenters. The topological polar surface area (TPSA) is 9.23 Å². The first kappa shape index (κ1) is 8.70. The van der Waals surface area contributed by atoms with E-state index in [2.05, 4.69) is 13.0 Å². The number of hydrogen-bond donors (Lipinski definition) is 0. The van der Waals surface area contributed by atoms with Crippen LogP contribution in [0.25, 0.3) is 0 Å². The Morgan fingerprint density at radius 3 is 2.78 bits per heavy atom. The zero-order valence-corrected chi connectivity index (χ0v) is 6.26. The van der Waals surface area contributed by atoms with Crippen LogP contribution < -0.4 is 0 Å². The second-order valence-electron chi connectivity index (χ2n) is 1.80. The van der Waals surface area contributed by atoms with Gasteiger partial charge in [0, 0.05) is 0 Å². The van der Waals surface area contributed by atoms with Crippen LogP contribution in [0.1, 0.15) is 26.7 Å². The lowest BCUT2D eigenvalue weighted by Gasteiger charge is -1.95. The molecule has 0 saturated heterocycles. The van der Waals surface area contributed by atoms with E-state index in [0.717, 1.165) is 19.4 Å². The fourth-order valence-electron chi connectivity index (χ4n) is 0.504. The van der Waals surface area contributed by atoms with Crippen molar-refractivity contribution in [1.82, 2.24) is 0 Å². The Kier molecular flexibility index (Phi) is 7.44. The van der Waals surface area contributed by atoms with Gasteiger partial charge in [-0.2, -0.15) is 0 Å². The monoisotopic (exact) mass is 127 g/mol. The quantitative estimate of drug-likeness (QED) is 0.407. The number of ether oxygens (including phenoxy) is 1. The van der Waals surface area contributed by atoms with Gasteiger partial charge in [0.25, 0.3) is 0 Å². The van der Waals surface area contributed by atoms with Crippen molar-refractivity contribution < 1.29 is 4.74 Å². The van der Waals surface area contributed by atoms with Gasteiger partial charge in [-0.05, 0) is 19.8 Å². The van der Waals surface area contributed by atoms with Crippen LogP contribution in [0.15, 0.2) is 12.2 Å². The Morgan fingerprint density at radius 1 is 1.44 bits per heavy atom. The lowest BCUT2D eigenvalue weighted by Crippen LogP contribution is -1.87. The van der Waals surface area contributed by atoms with Crippen molar-refractivity contribution in [3.8, 4) is 0 Å². The Labute approximate surface area is 57.7 Å². The van der Waals surface area contributed by atoms with Gasteiger partial charge >= 0.3 is 0 Å². The van der Waals surface area contributed by atoms with Crippen LogP contribution in [-0.4, -0.2) is 6.61 Å². The summed E-state index contributed by atoms with van der Waals surface area (Å²) >= 11 is 0. The van der Waals surface area contributed by atoms with Crippen molar-refractivity contribution in [3.63, 3.8) is 0 Å². The molecule has 0 aromatic carbocycles. The molecule has 1 radical (unpaired) electrons. The molecule has 0 aromatic rings. The lowest BCUT2D eigenvalue weighted by atomic mass is 10.4. The summed E-state index contributed by atoms with van der Waals surface area (Å²) in [6.45, 7) is 6.74. The maximum absolute atomic E-state index is 5.11. The molecule has 0 aliphatic rings. The van der Waals surface area contributed by atoms with Crippen molar-refractivity contribution in [2.75, 3.05) is 6.61 Å². The van der Waals surface area contributed by atoms with Gasteiger partial charge < -0.3 is 4.74 Å². The van der Waals surface area contributed by atoms with E-state index in [1.165, 1.54) is 0 Å². The van der Waals surface area contributed by atoms with E-state index in [4.69, 9.17) is 4.74 Å². The van der Waals surface area contributed by atoms with Gasteiger partial charge in [-0.15, -0.1) is 0 Å². The fraction of sp³-hybridized carbons (Fsp3) is 0.625. The Balaban J connectivity index is 2.75. The van der Waals surface area contributed by atoms with E-state index in [1.807, 2.05) is 19.6 Å². The minimum Gasteiger partial charge on any atom is -0.375 e. The van der Waals surface area contributed by atoms with Gasteiger partial charge in [0.1, 0.15) is 0 Å². The highest BCUT2D eigenvalue weighted by atomic mass is 16.5. The van der Waals surface area contributed by atoms with Gasteiger partial charge in [0.05, 0.1) is 13.2 Å². The average molecular weight is 127 g/mol. The highest BCUT2D eigenvalue weighted by molar-refractivity contribution is 4.76. The van der Waals surface area contributed by atoms with Crippen LogP contribution >= 0.6 is 0 Å². The summed E-state index contributed by atoms with van der Waals surface area (Å²) in [5.74, 6) is 0. The molecule has 0 rings (SSSR count). The van der Waals surface area contributed by atoms with Crippen molar-refractivity contribution in [3.05, 3.63) is 18.8 Å². The normalized spacial score (nSPS) is 10.9.